The molecule has 9 heteroatoms. The summed E-state index contributed by atoms with van der Waals surface area (Å²) < 4.78 is 5.21. The van der Waals surface area contributed by atoms with Crippen LogP contribution in [0.5, 0.6) is 0 Å². The van der Waals surface area contributed by atoms with Gasteiger partial charge in [-0.2, -0.15) is 15.5 Å². The molecule has 0 saturated carbocycles. The normalized spacial score (nSPS) is 26.7. The Balaban J connectivity index is 3.31. The van der Waals surface area contributed by atoms with Gasteiger partial charge in [0.05, 0.1) is 25.2 Å². The van der Waals surface area contributed by atoms with Gasteiger partial charge in [-0.15, -0.1) is 0 Å². The first-order chi connectivity index (χ1) is 11.4. The van der Waals surface area contributed by atoms with Gasteiger partial charge in [-0.1, -0.05) is 11.8 Å². The number of nitrogens with zero attached hydrogens (tertiary/aromatic N) is 5. The second-order valence-corrected chi connectivity index (χ2v) is 5.99. The van der Waals surface area contributed by atoms with E-state index in [1.54, 1.807) is 6.92 Å². The van der Waals surface area contributed by atoms with E-state index in [-0.39, 0.29) is 35.4 Å². The summed E-state index contributed by atoms with van der Waals surface area (Å²) in [5.41, 5.74) is -1.61. The molecule has 1 rings (SSSR count). The molecule has 1 aliphatic heterocycles. The highest BCUT2D eigenvalue weighted by molar-refractivity contribution is 6.01. The Morgan fingerprint density at radius 2 is 2.21 bits per heavy atom. The molecule has 24 heavy (non-hydrogen) atoms. The molecule has 0 aromatic heterocycles. The summed E-state index contributed by atoms with van der Waals surface area (Å²) in [5, 5.41) is 51.8. The molecule has 1 heterocycles. The largest absolute Gasteiger partial charge is 0.739 e. The fourth-order valence-electron chi connectivity index (χ4n) is 3.00. The van der Waals surface area contributed by atoms with Crippen molar-refractivity contribution in [3.63, 3.8) is 0 Å². The van der Waals surface area contributed by atoms with Gasteiger partial charge in [0.25, 0.3) is 5.54 Å². The van der Waals surface area contributed by atoms with Crippen LogP contribution in [0.4, 0.5) is 0 Å². The highest BCUT2D eigenvalue weighted by atomic mass is 16.6. The number of ether oxygens (including phenoxy) is 1. The van der Waals surface area contributed by atoms with E-state index in [1.165, 1.54) is 7.11 Å². The third-order valence-electron chi connectivity index (χ3n) is 4.35. The maximum Gasteiger partial charge on any atom is 0.258 e. The molecule has 0 spiro atoms. The van der Waals surface area contributed by atoms with Gasteiger partial charge in [-0.25, -0.2) is 0 Å². The first-order valence-electron chi connectivity index (χ1n) is 7.69. The van der Waals surface area contributed by atoms with E-state index in [0.717, 1.165) is 0 Å². The van der Waals surface area contributed by atoms with Gasteiger partial charge in [0, 0.05) is 24.7 Å². The first-order valence-corrected chi connectivity index (χ1v) is 7.69. The number of methoxy groups -OCH3 is 1. The zero-order valence-corrected chi connectivity index (χ0v) is 14.0. The molecule has 1 aliphatic rings. The third kappa shape index (κ3) is 3.80. The van der Waals surface area contributed by atoms with Gasteiger partial charge in [-0.3, -0.25) is 5.41 Å². The molecule has 4 atom stereocenters. The summed E-state index contributed by atoms with van der Waals surface area (Å²) in [6.45, 7) is 3.47. The van der Waals surface area contributed by atoms with Crippen LogP contribution in [0.1, 0.15) is 39.5 Å². The molecule has 4 unspecified atom stereocenters. The van der Waals surface area contributed by atoms with Crippen LogP contribution in [0.3, 0.4) is 0 Å². The maximum atomic E-state index is 12.1. The number of hydrogen-bond acceptors (Lipinski definition) is 7. The van der Waals surface area contributed by atoms with Crippen molar-refractivity contribution in [3.8, 4) is 12.1 Å². The molecule has 130 valence electrons. The number of nitrogens with one attached hydrogen (secondary N) is 1. The van der Waals surface area contributed by atoms with E-state index in [1.807, 2.05) is 13.0 Å². The molecular weight excluding hydrogens is 312 g/mol. The van der Waals surface area contributed by atoms with Crippen LogP contribution in [0.2, 0.25) is 0 Å². The van der Waals surface area contributed by atoms with Crippen molar-refractivity contribution in [1.82, 2.24) is 0 Å². The summed E-state index contributed by atoms with van der Waals surface area (Å²) in [6, 6.07) is 4.19. The Morgan fingerprint density at radius 1 is 1.54 bits per heavy atom. The summed E-state index contributed by atoms with van der Waals surface area (Å²) >= 11 is 0. The van der Waals surface area contributed by atoms with Crippen LogP contribution >= 0.6 is 0 Å². The fourth-order valence-corrected chi connectivity index (χ4v) is 3.00. The topological polar surface area (TPSA) is 155 Å². The van der Waals surface area contributed by atoms with Crippen LogP contribution in [0.15, 0.2) is 10.3 Å². The minimum absolute atomic E-state index is 0.0437. The lowest BCUT2D eigenvalue weighted by molar-refractivity contribution is -0.592. The lowest BCUT2D eigenvalue weighted by Crippen LogP contribution is -2.52. The quantitative estimate of drug-likeness (QED) is 0.449. The SMILES string of the molecule is CCC(C#N)CC1CC(CC(C)C#N)(/[N+]([O-])=N/[O-])C(=N)N=C1OC. The van der Waals surface area contributed by atoms with Crippen LogP contribution < -0.4 is 0 Å². The molecule has 0 amide bonds. The number of hydrogen-bond donors (Lipinski definition) is 1. The molecule has 0 aromatic carbocycles. The van der Waals surface area contributed by atoms with Crippen molar-refractivity contribution in [2.24, 2.45) is 28.0 Å². The number of aliphatic imine (C=N–C) groups is 1. The van der Waals surface area contributed by atoms with Crippen LogP contribution in [-0.2, 0) is 4.74 Å². The van der Waals surface area contributed by atoms with Crippen molar-refractivity contribution >= 4 is 11.7 Å². The van der Waals surface area contributed by atoms with Crippen LogP contribution in [-0.4, -0.2) is 29.2 Å². The summed E-state index contributed by atoms with van der Waals surface area (Å²) in [4.78, 5) is 3.96. The predicted molar refractivity (Wildman–Crippen MR) is 85.8 cm³/mol. The maximum absolute atomic E-state index is 12.1. The Bertz CT molecular complexity index is 618. The summed E-state index contributed by atoms with van der Waals surface area (Å²) in [6.07, 6.45) is 1.02. The van der Waals surface area contributed by atoms with Crippen molar-refractivity contribution in [1.29, 1.82) is 15.9 Å². The van der Waals surface area contributed by atoms with Crippen molar-refractivity contribution < 1.29 is 9.60 Å². The average Bonchev–Trinajstić information content (AvgIpc) is 2.60. The van der Waals surface area contributed by atoms with Gasteiger partial charge < -0.3 is 15.2 Å². The monoisotopic (exact) mass is 333 g/mol. The molecule has 9 nitrogen and oxygen atoms in total. The summed E-state index contributed by atoms with van der Waals surface area (Å²) in [7, 11) is 1.41. The molecule has 0 saturated heterocycles. The van der Waals surface area contributed by atoms with Gasteiger partial charge in [-0.05, 0) is 25.0 Å². The Hall–Kier alpha value is -2.68. The minimum Gasteiger partial charge on any atom is -0.739 e. The average molecular weight is 333 g/mol. The standard InChI is InChI=1S/C15H22N6O3/c1-4-11(9-17)5-12-7-15(21(23)20-22,6-10(2)8-16)14(18)19-13(12)24-3/h10-12,18,22H,4-7H2,1-3H3/p-1/b18-14?,21-20-. The summed E-state index contributed by atoms with van der Waals surface area (Å²) in [5.74, 6) is -1.33. The fraction of sp³-hybridized carbons (Fsp3) is 0.733. The van der Waals surface area contributed by atoms with E-state index in [9.17, 15) is 15.7 Å². The first kappa shape index (κ1) is 19.4. The third-order valence-corrected chi connectivity index (χ3v) is 4.35. The zero-order valence-electron chi connectivity index (χ0n) is 14.0. The van der Waals surface area contributed by atoms with E-state index in [0.29, 0.717) is 12.8 Å². The second-order valence-electron chi connectivity index (χ2n) is 5.99. The highest BCUT2D eigenvalue weighted by Crippen LogP contribution is 2.37. The van der Waals surface area contributed by atoms with Crippen LogP contribution in [0, 0.1) is 56.2 Å². The van der Waals surface area contributed by atoms with Crippen LogP contribution in [0.25, 0.3) is 0 Å². The predicted octanol–water partition coefficient (Wildman–Crippen LogP) is 2.72. The Kier molecular flexibility index (Phi) is 6.66. The number of nitriles is 2. The molecule has 0 radical (unpaired) electrons. The van der Waals surface area contributed by atoms with Gasteiger partial charge in [0.1, 0.15) is 0 Å². The Morgan fingerprint density at radius 3 is 2.67 bits per heavy atom. The van der Waals surface area contributed by atoms with Crippen molar-refractivity contribution in [2.45, 2.75) is 45.1 Å². The van der Waals surface area contributed by atoms with E-state index in [4.69, 9.17) is 15.4 Å². The molecule has 0 aliphatic carbocycles. The van der Waals surface area contributed by atoms with E-state index < -0.39 is 17.4 Å². The molecule has 0 aromatic rings. The number of hydroxylamine groups is 1. The highest BCUT2D eigenvalue weighted by Gasteiger charge is 2.52. The second kappa shape index (κ2) is 8.25. The van der Waals surface area contributed by atoms with Crippen molar-refractivity contribution in [3.05, 3.63) is 10.4 Å². The molecule has 0 fully saturated rings. The van der Waals surface area contributed by atoms with E-state index in [2.05, 4.69) is 16.3 Å². The smallest absolute Gasteiger partial charge is 0.258 e. The number of rotatable bonds is 6. The number of amidine groups is 1. The van der Waals surface area contributed by atoms with Gasteiger partial charge in [0.2, 0.25) is 0 Å². The van der Waals surface area contributed by atoms with Crippen molar-refractivity contribution in [2.75, 3.05) is 7.11 Å². The lowest BCUT2D eigenvalue weighted by atomic mass is 9.75. The van der Waals surface area contributed by atoms with E-state index >= 15 is 0 Å². The molecule has 0 bridgehead atoms. The van der Waals surface area contributed by atoms with Gasteiger partial charge in [0.15, 0.2) is 11.7 Å². The Labute approximate surface area is 140 Å². The van der Waals surface area contributed by atoms with Gasteiger partial charge >= 0.3 is 0 Å². The molecule has 1 N–H and O–H groups in total. The minimum atomic E-state index is -1.61. The lowest BCUT2D eigenvalue weighted by Gasteiger charge is -2.36. The molecular formula is C15H21N6O3-. The zero-order chi connectivity index (χ0) is 18.3.